The summed E-state index contributed by atoms with van der Waals surface area (Å²) in [6, 6.07) is 8.67. The van der Waals surface area contributed by atoms with Gasteiger partial charge in [-0.15, -0.1) is 0 Å². The first-order chi connectivity index (χ1) is 5.42. The van der Waals surface area contributed by atoms with E-state index in [0.29, 0.717) is 5.92 Å². The van der Waals surface area contributed by atoms with E-state index in [9.17, 15) is 0 Å². The molecule has 1 aliphatic rings. The Bertz CT molecular complexity index is 299. The van der Waals surface area contributed by atoms with Crippen molar-refractivity contribution in [3.63, 3.8) is 0 Å². The summed E-state index contributed by atoms with van der Waals surface area (Å²) in [5.41, 5.74) is 2.93. The van der Waals surface area contributed by atoms with Crippen molar-refractivity contribution < 1.29 is 75.7 Å². The van der Waals surface area contributed by atoms with Crippen LogP contribution in [0.25, 0.3) is 6.08 Å². The Kier molecular flexibility index (Phi) is 10.6. The van der Waals surface area contributed by atoms with Gasteiger partial charge in [-0.2, -0.15) is 0 Å². The van der Waals surface area contributed by atoms with Crippen LogP contribution >= 0.6 is 0 Å². The molecule has 1 aromatic rings. The zero-order valence-electron chi connectivity index (χ0n) is 7.38. The van der Waals surface area contributed by atoms with E-state index in [-0.39, 0.29) is 50.9 Å². The van der Waals surface area contributed by atoms with Crippen molar-refractivity contribution >= 4 is 6.08 Å². The number of rotatable bonds is 1. The Morgan fingerprint density at radius 1 is 1.07 bits per heavy atom. The fourth-order valence-electron chi connectivity index (χ4n) is 1.50. The molecule has 1 atom stereocenters. The third kappa shape index (κ3) is 3.70. The van der Waals surface area contributed by atoms with Crippen molar-refractivity contribution in [2.24, 2.45) is 0 Å². The molecule has 0 fully saturated rings. The van der Waals surface area contributed by atoms with Crippen LogP contribution in [0.2, 0.25) is 4.13 Å². The molecule has 14 heavy (non-hydrogen) atoms. The van der Waals surface area contributed by atoms with Crippen molar-refractivity contribution in [1.29, 1.82) is 0 Å². The predicted molar refractivity (Wildman–Crippen MR) is 43.0 cm³/mol. The molecular formula is C10H9Br3Zr. The van der Waals surface area contributed by atoms with E-state index in [1.54, 1.807) is 24.7 Å². The quantitative estimate of drug-likeness (QED) is 0.392. The van der Waals surface area contributed by atoms with E-state index in [1.165, 1.54) is 15.3 Å². The van der Waals surface area contributed by atoms with Gasteiger partial charge in [-0.1, -0.05) is 0 Å². The Morgan fingerprint density at radius 2 is 1.71 bits per heavy atom. The molecule has 4 heteroatoms. The van der Waals surface area contributed by atoms with Gasteiger partial charge in [0.1, 0.15) is 0 Å². The van der Waals surface area contributed by atoms with Gasteiger partial charge >= 0.3 is 82.3 Å². The first-order valence-corrected chi connectivity index (χ1v) is 5.57. The average molecular weight is 460 g/mol. The van der Waals surface area contributed by atoms with Crippen molar-refractivity contribution in [2.45, 2.75) is 10.0 Å². The minimum absolute atomic E-state index is 0. The van der Waals surface area contributed by atoms with Crippen LogP contribution in [0.15, 0.2) is 30.3 Å². The van der Waals surface area contributed by atoms with Crippen LogP contribution < -0.4 is 50.9 Å². The number of hydrogen-bond donors (Lipinski definition) is 0. The second kappa shape index (κ2) is 8.44. The van der Waals surface area contributed by atoms with E-state index in [1.807, 2.05) is 0 Å². The molecule has 0 saturated heterocycles. The molecule has 0 bridgehead atoms. The van der Waals surface area contributed by atoms with Crippen molar-refractivity contribution in [3.8, 4) is 0 Å². The van der Waals surface area contributed by atoms with Crippen LogP contribution in [-0.4, -0.2) is 0 Å². The van der Waals surface area contributed by atoms with E-state index in [4.69, 9.17) is 0 Å². The summed E-state index contributed by atoms with van der Waals surface area (Å²) in [5, 5.41) is 0. The number of fused-ring (bicyclic) bond motifs is 1. The van der Waals surface area contributed by atoms with E-state index in [2.05, 4.69) is 36.4 Å². The van der Waals surface area contributed by atoms with Gasteiger partial charge in [-0.3, -0.25) is 0 Å². The van der Waals surface area contributed by atoms with Crippen LogP contribution in [0, 0.1) is 0 Å². The van der Waals surface area contributed by atoms with Gasteiger partial charge < -0.3 is 50.9 Å². The summed E-state index contributed by atoms with van der Waals surface area (Å²) in [6.07, 6.45) is 4.56. The van der Waals surface area contributed by atoms with E-state index < -0.39 is 0 Å². The van der Waals surface area contributed by atoms with Gasteiger partial charge in [0.15, 0.2) is 0 Å². The van der Waals surface area contributed by atoms with Crippen molar-refractivity contribution in [2.75, 3.05) is 0 Å². The van der Waals surface area contributed by atoms with Crippen LogP contribution in [0.5, 0.6) is 0 Å². The number of halogens is 3. The van der Waals surface area contributed by atoms with Gasteiger partial charge in [0.05, 0.1) is 0 Å². The zero-order valence-corrected chi connectivity index (χ0v) is 14.6. The maximum atomic E-state index is 2.32. The molecule has 0 spiro atoms. The van der Waals surface area contributed by atoms with Crippen LogP contribution in [0.4, 0.5) is 0 Å². The van der Waals surface area contributed by atoms with Gasteiger partial charge in [-0.25, -0.2) is 0 Å². The first kappa shape index (κ1) is 17.7. The van der Waals surface area contributed by atoms with Gasteiger partial charge in [0.2, 0.25) is 0 Å². The molecule has 0 N–H and O–H groups in total. The van der Waals surface area contributed by atoms with Crippen molar-refractivity contribution in [3.05, 3.63) is 41.5 Å². The minimum atomic E-state index is 0. The second-order valence-corrected chi connectivity index (χ2v) is 3.80. The van der Waals surface area contributed by atoms with Crippen LogP contribution in [0.3, 0.4) is 0 Å². The summed E-state index contributed by atoms with van der Waals surface area (Å²) in [5.74, 6) is 0.712. The van der Waals surface area contributed by atoms with Crippen LogP contribution in [-0.2, 0) is 24.7 Å². The van der Waals surface area contributed by atoms with Gasteiger partial charge in [0.25, 0.3) is 0 Å². The fourth-order valence-corrected chi connectivity index (χ4v) is 2.38. The van der Waals surface area contributed by atoms with Gasteiger partial charge in [-0.05, 0) is 0 Å². The normalized spacial score (nSPS) is 16.0. The third-order valence-electron chi connectivity index (χ3n) is 2.12. The molecule has 0 aliphatic heterocycles. The monoisotopic (exact) mass is 456 g/mol. The van der Waals surface area contributed by atoms with Gasteiger partial charge in [0, 0.05) is 0 Å². The molecule has 0 saturated carbocycles. The number of hydrogen-bond acceptors (Lipinski definition) is 0. The zero-order chi connectivity index (χ0) is 7.68. The molecule has 1 unspecified atom stereocenters. The van der Waals surface area contributed by atoms with Crippen molar-refractivity contribution in [1.82, 2.24) is 0 Å². The number of allylic oxidation sites excluding steroid dienone is 1. The molecule has 1 aliphatic carbocycles. The third-order valence-corrected chi connectivity index (χ3v) is 3.20. The molecule has 0 heterocycles. The number of benzene rings is 1. The summed E-state index contributed by atoms with van der Waals surface area (Å²) < 4.78 is 1.31. The van der Waals surface area contributed by atoms with E-state index in [0.717, 1.165) is 0 Å². The molecule has 0 nitrogen and oxygen atoms in total. The molecule has 0 aromatic heterocycles. The SMILES string of the molecule is [Br-].[Br-].[Br-].[Zr+3][CH2]C1C=Cc2ccccc21. The van der Waals surface area contributed by atoms with Crippen LogP contribution in [0.1, 0.15) is 17.0 Å². The Hall–Kier alpha value is 1.28. The summed E-state index contributed by atoms with van der Waals surface area (Å²) in [6.45, 7) is 0. The summed E-state index contributed by atoms with van der Waals surface area (Å²) >= 11 is 1.63. The molecule has 74 valence electrons. The first-order valence-electron chi connectivity index (χ1n) is 3.83. The summed E-state index contributed by atoms with van der Waals surface area (Å²) in [4.78, 5) is 0. The second-order valence-electron chi connectivity index (χ2n) is 2.80. The molecule has 0 amide bonds. The summed E-state index contributed by atoms with van der Waals surface area (Å²) in [7, 11) is 0. The van der Waals surface area contributed by atoms with E-state index >= 15 is 0 Å². The predicted octanol–water partition coefficient (Wildman–Crippen LogP) is -6.23. The topological polar surface area (TPSA) is 0 Å². The molecule has 0 radical (unpaired) electrons. The molecule has 2 rings (SSSR count). The molecule has 1 aromatic carbocycles. The Balaban J connectivity index is 0. The molecular weight excluding hydrogens is 451 g/mol. The average Bonchev–Trinajstić information content (AvgIpc) is 2.47. The fraction of sp³-hybridized carbons (Fsp3) is 0.200. The Morgan fingerprint density at radius 3 is 2.36 bits per heavy atom. The Labute approximate surface area is 132 Å². The standard InChI is InChI=1S/C10H9.3BrH.Zr/c1-8-6-7-9-4-2-3-5-10(8)9;;;;/h2-8H,1H2;3*1H;/q;;;;+3/p-3. The maximum absolute atomic E-state index is 2.32.